The number of hydrogen-bond donors (Lipinski definition) is 0. The Morgan fingerprint density at radius 3 is 2.17 bits per heavy atom. The van der Waals surface area contributed by atoms with Crippen LogP contribution in [0.1, 0.15) is 25.3 Å². The number of carbonyl (C=O) groups excluding carboxylic acids is 1. The predicted molar refractivity (Wildman–Crippen MR) is 110 cm³/mol. The molecule has 0 spiro atoms. The van der Waals surface area contributed by atoms with E-state index in [0.717, 1.165) is 5.56 Å². The Bertz CT molecular complexity index is 937. The highest BCUT2D eigenvalue weighted by molar-refractivity contribution is 7.89. The summed E-state index contributed by atoms with van der Waals surface area (Å²) in [6.07, 6.45) is 1.33. The number of sulfonamides is 2. The Balaban J connectivity index is 1.61. The Hall–Kier alpha value is -1.49. The van der Waals surface area contributed by atoms with Gasteiger partial charge in [-0.15, -0.1) is 0 Å². The molecule has 0 radical (unpaired) electrons. The fourth-order valence-corrected chi connectivity index (χ4v) is 6.45. The second-order valence-electron chi connectivity index (χ2n) is 7.64. The smallest absolute Gasteiger partial charge is 0.243 e. The monoisotopic (exact) mass is 443 g/mol. The highest BCUT2D eigenvalue weighted by Gasteiger charge is 2.36. The molecule has 2 heterocycles. The lowest BCUT2D eigenvalue weighted by Crippen LogP contribution is -2.54. The van der Waals surface area contributed by atoms with Gasteiger partial charge in [-0.25, -0.2) is 21.1 Å². The molecule has 8 nitrogen and oxygen atoms in total. The largest absolute Gasteiger partial charge is 0.340 e. The Morgan fingerprint density at radius 1 is 0.966 bits per heavy atom. The van der Waals surface area contributed by atoms with Crippen LogP contribution in [0, 0.1) is 12.8 Å². The fourth-order valence-electron chi connectivity index (χ4n) is 3.85. The third kappa shape index (κ3) is 4.82. The summed E-state index contributed by atoms with van der Waals surface area (Å²) in [5, 5.41) is 0. The third-order valence-corrected chi connectivity index (χ3v) is 9.46. The standard InChI is InChI=1S/C19H29N3O5S2/c1-3-28(24,25)22-10-4-5-17(15-22)19(23)20-11-13-21(14-12-20)29(26,27)18-8-6-16(2)7-9-18/h6-9,17H,3-5,10-15H2,1-2H3. The van der Waals surface area contributed by atoms with Crippen LogP contribution >= 0.6 is 0 Å². The van der Waals surface area contributed by atoms with Crippen LogP contribution in [0.2, 0.25) is 0 Å². The van der Waals surface area contributed by atoms with Gasteiger partial charge in [-0.2, -0.15) is 4.31 Å². The van der Waals surface area contributed by atoms with Gasteiger partial charge in [0.15, 0.2) is 0 Å². The average Bonchev–Trinajstić information content (AvgIpc) is 2.73. The van der Waals surface area contributed by atoms with Gasteiger partial charge in [0.1, 0.15) is 0 Å². The van der Waals surface area contributed by atoms with Crippen LogP contribution < -0.4 is 0 Å². The van der Waals surface area contributed by atoms with Crippen molar-refractivity contribution < 1.29 is 21.6 Å². The lowest BCUT2D eigenvalue weighted by molar-refractivity contribution is -0.137. The first-order chi connectivity index (χ1) is 13.6. The molecule has 1 amide bonds. The maximum absolute atomic E-state index is 12.9. The second kappa shape index (κ2) is 8.71. The summed E-state index contributed by atoms with van der Waals surface area (Å²) in [5.41, 5.74) is 0.992. The number of piperidine rings is 1. The van der Waals surface area contributed by atoms with Crippen LogP contribution in [-0.4, -0.2) is 81.3 Å². The SMILES string of the molecule is CCS(=O)(=O)N1CCCC(C(=O)N2CCN(S(=O)(=O)c3ccc(C)cc3)CC2)C1. The molecule has 0 aromatic heterocycles. The van der Waals surface area contributed by atoms with Crippen molar-refractivity contribution >= 4 is 26.0 Å². The molecule has 0 N–H and O–H groups in total. The third-order valence-electron chi connectivity index (χ3n) is 5.70. The number of benzene rings is 1. The van der Waals surface area contributed by atoms with E-state index < -0.39 is 20.0 Å². The van der Waals surface area contributed by atoms with Gasteiger partial charge < -0.3 is 4.90 Å². The fraction of sp³-hybridized carbons (Fsp3) is 0.632. The van der Waals surface area contributed by atoms with Gasteiger partial charge in [-0.05, 0) is 38.8 Å². The van der Waals surface area contributed by atoms with Crippen molar-refractivity contribution in [3.8, 4) is 0 Å². The summed E-state index contributed by atoms with van der Waals surface area (Å²) < 4.78 is 52.7. The molecule has 2 fully saturated rings. The molecule has 2 aliphatic rings. The van der Waals surface area contributed by atoms with E-state index >= 15 is 0 Å². The molecule has 1 atom stereocenters. The van der Waals surface area contributed by atoms with Gasteiger partial charge in [-0.1, -0.05) is 17.7 Å². The van der Waals surface area contributed by atoms with Gasteiger partial charge in [0.05, 0.1) is 16.6 Å². The van der Waals surface area contributed by atoms with E-state index in [2.05, 4.69) is 0 Å². The topological polar surface area (TPSA) is 95.1 Å². The first kappa shape index (κ1) is 22.2. The van der Waals surface area contributed by atoms with E-state index in [9.17, 15) is 21.6 Å². The Morgan fingerprint density at radius 2 is 1.59 bits per heavy atom. The molecule has 1 unspecified atom stereocenters. The van der Waals surface area contributed by atoms with Crippen molar-refractivity contribution in [3.63, 3.8) is 0 Å². The van der Waals surface area contributed by atoms with Gasteiger partial charge in [0.25, 0.3) is 0 Å². The van der Waals surface area contributed by atoms with Crippen LogP contribution in [-0.2, 0) is 24.8 Å². The van der Waals surface area contributed by atoms with Crippen LogP contribution in [0.3, 0.4) is 0 Å². The number of carbonyl (C=O) groups is 1. The van der Waals surface area contributed by atoms with E-state index in [0.29, 0.717) is 32.5 Å². The van der Waals surface area contributed by atoms with Crippen LogP contribution in [0.4, 0.5) is 0 Å². The number of amides is 1. The zero-order valence-corrected chi connectivity index (χ0v) is 18.6. The summed E-state index contributed by atoms with van der Waals surface area (Å²) >= 11 is 0. The molecule has 0 bridgehead atoms. The zero-order chi connectivity index (χ0) is 21.2. The summed E-state index contributed by atoms with van der Waals surface area (Å²) in [5.74, 6) is -0.401. The minimum Gasteiger partial charge on any atom is -0.340 e. The summed E-state index contributed by atoms with van der Waals surface area (Å²) in [4.78, 5) is 14.8. The number of hydrogen-bond acceptors (Lipinski definition) is 5. The predicted octanol–water partition coefficient (Wildman–Crippen LogP) is 0.890. The summed E-state index contributed by atoms with van der Waals surface area (Å²) in [6, 6.07) is 6.75. The van der Waals surface area contributed by atoms with Gasteiger partial charge in [0.2, 0.25) is 26.0 Å². The van der Waals surface area contributed by atoms with E-state index in [1.807, 2.05) is 6.92 Å². The van der Waals surface area contributed by atoms with E-state index in [4.69, 9.17) is 0 Å². The van der Waals surface area contributed by atoms with Crippen molar-refractivity contribution in [2.24, 2.45) is 5.92 Å². The number of rotatable bonds is 5. The van der Waals surface area contributed by atoms with Crippen LogP contribution in [0.15, 0.2) is 29.2 Å². The van der Waals surface area contributed by atoms with Gasteiger partial charge in [0, 0.05) is 39.3 Å². The van der Waals surface area contributed by atoms with Crippen molar-refractivity contribution in [3.05, 3.63) is 29.8 Å². The van der Waals surface area contributed by atoms with Crippen molar-refractivity contribution in [1.82, 2.24) is 13.5 Å². The van der Waals surface area contributed by atoms with Crippen molar-refractivity contribution in [2.45, 2.75) is 31.6 Å². The van der Waals surface area contributed by atoms with E-state index in [1.165, 1.54) is 8.61 Å². The van der Waals surface area contributed by atoms with Crippen LogP contribution in [0.25, 0.3) is 0 Å². The molecular formula is C19H29N3O5S2. The average molecular weight is 444 g/mol. The highest BCUT2D eigenvalue weighted by atomic mass is 32.2. The molecule has 162 valence electrons. The van der Waals surface area contributed by atoms with Crippen molar-refractivity contribution in [1.29, 1.82) is 0 Å². The van der Waals surface area contributed by atoms with Crippen molar-refractivity contribution in [2.75, 3.05) is 45.0 Å². The summed E-state index contributed by atoms with van der Waals surface area (Å²) in [7, 11) is -6.88. The maximum atomic E-state index is 12.9. The van der Waals surface area contributed by atoms with E-state index in [1.54, 1.807) is 36.1 Å². The molecule has 29 heavy (non-hydrogen) atoms. The van der Waals surface area contributed by atoms with E-state index in [-0.39, 0.29) is 42.1 Å². The lowest BCUT2D eigenvalue weighted by atomic mass is 9.98. The molecular weight excluding hydrogens is 414 g/mol. The van der Waals surface area contributed by atoms with Gasteiger partial charge >= 0.3 is 0 Å². The zero-order valence-electron chi connectivity index (χ0n) is 17.0. The maximum Gasteiger partial charge on any atom is 0.243 e. The Kier molecular flexibility index (Phi) is 6.67. The molecule has 3 rings (SSSR count). The minimum atomic E-state index is -3.58. The highest BCUT2D eigenvalue weighted by Crippen LogP contribution is 2.23. The molecule has 2 saturated heterocycles. The molecule has 0 saturated carbocycles. The molecule has 2 aliphatic heterocycles. The molecule has 1 aromatic rings. The minimum absolute atomic E-state index is 0.0312. The molecule has 10 heteroatoms. The molecule has 1 aromatic carbocycles. The normalized spacial score (nSPS) is 22.6. The first-order valence-electron chi connectivity index (χ1n) is 9.98. The Labute approximate surface area is 173 Å². The lowest BCUT2D eigenvalue weighted by Gasteiger charge is -2.38. The second-order valence-corrected chi connectivity index (χ2v) is 11.8. The number of piperazine rings is 1. The number of nitrogens with zero attached hydrogens (tertiary/aromatic N) is 3. The quantitative estimate of drug-likeness (QED) is 0.674. The van der Waals surface area contributed by atoms with Gasteiger partial charge in [-0.3, -0.25) is 4.79 Å². The summed E-state index contributed by atoms with van der Waals surface area (Å²) in [6.45, 7) is 5.31. The number of aryl methyl sites for hydroxylation is 1. The molecule has 0 aliphatic carbocycles. The van der Waals surface area contributed by atoms with Crippen LogP contribution in [0.5, 0.6) is 0 Å². The first-order valence-corrected chi connectivity index (χ1v) is 13.0.